The fraction of sp³-hybridized carbons (Fsp3) is 0.444. The van der Waals surface area contributed by atoms with Gasteiger partial charge in [-0.25, -0.2) is 0 Å². The van der Waals surface area contributed by atoms with E-state index in [4.69, 9.17) is 0 Å². The number of nitrogens with one attached hydrogen (secondary N) is 2. The minimum absolute atomic E-state index is 0.0299. The van der Waals surface area contributed by atoms with Crippen LogP contribution in [0.1, 0.15) is 40.5 Å². The van der Waals surface area contributed by atoms with Gasteiger partial charge in [0.1, 0.15) is 0 Å². The number of aromatic nitrogens is 2. The van der Waals surface area contributed by atoms with Gasteiger partial charge in [-0.05, 0) is 37.8 Å². The molecule has 1 aromatic heterocycles. The third-order valence-corrected chi connectivity index (χ3v) is 4.82. The van der Waals surface area contributed by atoms with Crippen LogP contribution in [0.15, 0.2) is 24.3 Å². The summed E-state index contributed by atoms with van der Waals surface area (Å²) >= 11 is 0. The minimum Gasteiger partial charge on any atom is -0.396 e. The minimum atomic E-state index is -0.120. The van der Waals surface area contributed by atoms with Crippen molar-refractivity contribution in [3.05, 3.63) is 52.3 Å². The number of aromatic amines is 1. The maximum Gasteiger partial charge on any atom is 0.225 e. The number of hydrogen-bond acceptors (Lipinski definition) is 3. The predicted molar refractivity (Wildman–Crippen MR) is 88.0 cm³/mol. The lowest BCUT2D eigenvalue weighted by Crippen LogP contribution is -2.38. The van der Waals surface area contributed by atoms with Crippen molar-refractivity contribution in [3.63, 3.8) is 0 Å². The Morgan fingerprint density at radius 2 is 2.17 bits per heavy atom. The summed E-state index contributed by atoms with van der Waals surface area (Å²) in [6.45, 7) is 3.91. The fourth-order valence-corrected chi connectivity index (χ4v) is 3.44. The number of hydrogen-bond donors (Lipinski definition) is 3. The quantitative estimate of drug-likeness (QED) is 0.807. The van der Waals surface area contributed by atoms with Gasteiger partial charge in [-0.3, -0.25) is 9.89 Å². The molecule has 0 unspecified atom stereocenters. The van der Waals surface area contributed by atoms with E-state index in [9.17, 15) is 9.90 Å². The molecule has 1 aliphatic carbocycles. The molecule has 3 N–H and O–H groups in total. The van der Waals surface area contributed by atoms with Gasteiger partial charge >= 0.3 is 0 Å². The first-order valence-electron chi connectivity index (χ1n) is 8.08. The number of amides is 1. The molecule has 23 heavy (non-hydrogen) atoms. The Kier molecular flexibility index (Phi) is 4.48. The Bertz CT molecular complexity index is 689. The Labute approximate surface area is 136 Å². The van der Waals surface area contributed by atoms with E-state index in [-0.39, 0.29) is 24.5 Å². The van der Waals surface area contributed by atoms with Crippen LogP contribution in [0.3, 0.4) is 0 Å². The highest BCUT2D eigenvalue weighted by Crippen LogP contribution is 2.34. The van der Waals surface area contributed by atoms with Crippen molar-refractivity contribution in [2.24, 2.45) is 5.92 Å². The molecule has 1 aromatic carbocycles. The second-order valence-corrected chi connectivity index (χ2v) is 6.31. The number of carbonyl (C=O) groups is 1. The van der Waals surface area contributed by atoms with Crippen LogP contribution in [0.5, 0.6) is 0 Å². The summed E-state index contributed by atoms with van der Waals surface area (Å²) in [4.78, 5) is 12.5. The first kappa shape index (κ1) is 15.7. The smallest absolute Gasteiger partial charge is 0.225 e. The van der Waals surface area contributed by atoms with Gasteiger partial charge in [-0.2, -0.15) is 5.10 Å². The lowest BCUT2D eigenvalue weighted by atomic mass is 9.80. The van der Waals surface area contributed by atoms with Gasteiger partial charge in [0.2, 0.25) is 5.91 Å². The highest BCUT2D eigenvalue weighted by atomic mass is 16.3. The fourth-order valence-electron chi connectivity index (χ4n) is 3.44. The Morgan fingerprint density at radius 3 is 2.87 bits per heavy atom. The van der Waals surface area contributed by atoms with Crippen molar-refractivity contribution in [2.75, 3.05) is 6.61 Å². The number of carbonyl (C=O) groups excluding carboxylic acids is 1. The van der Waals surface area contributed by atoms with E-state index in [1.54, 1.807) is 0 Å². The molecule has 2 aromatic rings. The highest BCUT2D eigenvalue weighted by molar-refractivity contribution is 5.79. The van der Waals surface area contributed by atoms with Crippen LogP contribution >= 0.6 is 0 Å². The number of rotatable bonds is 4. The van der Waals surface area contributed by atoms with Crippen molar-refractivity contribution in [1.29, 1.82) is 0 Å². The van der Waals surface area contributed by atoms with Gasteiger partial charge in [-0.1, -0.05) is 24.3 Å². The van der Waals surface area contributed by atoms with Crippen LogP contribution < -0.4 is 5.32 Å². The zero-order valence-electron chi connectivity index (χ0n) is 13.6. The first-order valence-corrected chi connectivity index (χ1v) is 8.08. The predicted octanol–water partition coefficient (Wildman–Crippen LogP) is 1.98. The third kappa shape index (κ3) is 3.15. The van der Waals surface area contributed by atoms with E-state index in [1.807, 2.05) is 26.0 Å². The summed E-state index contributed by atoms with van der Waals surface area (Å²) < 4.78 is 0. The second-order valence-electron chi connectivity index (χ2n) is 6.31. The van der Waals surface area contributed by atoms with E-state index >= 15 is 0 Å². The topological polar surface area (TPSA) is 78.0 Å². The molecule has 0 aliphatic heterocycles. The SMILES string of the molecule is Cc1n[nH]c(C)c1CC(=O)N[C@@H]1c2ccccc2CC[C@@H]1CO. The normalized spacial score (nSPS) is 20.1. The Morgan fingerprint density at radius 1 is 1.39 bits per heavy atom. The van der Waals surface area contributed by atoms with Crippen LogP contribution in [0.25, 0.3) is 0 Å². The molecule has 5 nitrogen and oxygen atoms in total. The van der Waals surface area contributed by atoms with Crippen LogP contribution in [0.4, 0.5) is 0 Å². The van der Waals surface area contributed by atoms with Crippen molar-refractivity contribution in [2.45, 2.75) is 39.2 Å². The van der Waals surface area contributed by atoms with Gasteiger partial charge in [0.15, 0.2) is 0 Å². The van der Waals surface area contributed by atoms with E-state index in [1.165, 1.54) is 5.56 Å². The molecule has 0 saturated heterocycles. The first-order chi connectivity index (χ1) is 11.1. The molecule has 1 aliphatic rings. The summed E-state index contributed by atoms with van der Waals surface area (Å²) in [6, 6.07) is 8.05. The number of nitrogens with zero attached hydrogens (tertiary/aromatic N) is 1. The van der Waals surface area contributed by atoms with E-state index < -0.39 is 0 Å². The van der Waals surface area contributed by atoms with Crippen LogP contribution in [-0.4, -0.2) is 27.8 Å². The van der Waals surface area contributed by atoms with Crippen molar-refractivity contribution in [1.82, 2.24) is 15.5 Å². The van der Waals surface area contributed by atoms with E-state index in [0.29, 0.717) is 6.42 Å². The van der Waals surface area contributed by atoms with Gasteiger partial charge in [0.05, 0.1) is 18.2 Å². The molecule has 0 radical (unpaired) electrons. The molecule has 1 amide bonds. The van der Waals surface area contributed by atoms with Crippen LogP contribution in [-0.2, 0) is 17.6 Å². The lowest BCUT2D eigenvalue weighted by Gasteiger charge is -2.33. The molecule has 1 heterocycles. The molecule has 2 atom stereocenters. The molecular weight excluding hydrogens is 290 g/mol. The number of fused-ring (bicyclic) bond motifs is 1. The monoisotopic (exact) mass is 313 g/mol. The van der Waals surface area contributed by atoms with Crippen molar-refractivity contribution >= 4 is 5.91 Å². The maximum absolute atomic E-state index is 12.5. The molecule has 0 spiro atoms. The molecule has 0 fully saturated rings. The van der Waals surface area contributed by atoms with Gasteiger partial charge in [0.25, 0.3) is 0 Å². The van der Waals surface area contributed by atoms with E-state index in [2.05, 4.69) is 27.6 Å². The van der Waals surface area contributed by atoms with Gasteiger partial charge in [0, 0.05) is 23.8 Å². The highest BCUT2D eigenvalue weighted by Gasteiger charge is 2.30. The standard InChI is InChI=1S/C18H23N3O2/c1-11-16(12(2)21-20-11)9-17(23)19-18-14(10-22)8-7-13-5-3-4-6-15(13)18/h3-6,14,18,22H,7-10H2,1-2H3,(H,19,23)(H,20,21)/t14-,18+/m1/s1. The zero-order chi connectivity index (χ0) is 16.4. The maximum atomic E-state index is 12.5. The number of aliphatic hydroxyl groups excluding tert-OH is 1. The number of aliphatic hydroxyl groups is 1. The average Bonchev–Trinajstić information content (AvgIpc) is 2.87. The van der Waals surface area contributed by atoms with Gasteiger partial charge < -0.3 is 10.4 Å². The lowest BCUT2D eigenvalue weighted by molar-refractivity contribution is -0.121. The summed E-state index contributed by atoms with van der Waals surface area (Å²) in [6.07, 6.45) is 2.15. The van der Waals surface area contributed by atoms with Crippen molar-refractivity contribution in [3.8, 4) is 0 Å². The Balaban J connectivity index is 1.79. The number of aryl methyl sites for hydroxylation is 3. The summed E-state index contributed by atoms with van der Waals surface area (Å²) in [5.74, 6) is 0.0400. The second kappa shape index (κ2) is 6.54. The molecule has 0 saturated carbocycles. The molecule has 0 bridgehead atoms. The molecule has 5 heteroatoms. The summed E-state index contributed by atoms with van der Waals surface area (Å²) in [5, 5.41) is 19.9. The largest absolute Gasteiger partial charge is 0.396 e. The summed E-state index contributed by atoms with van der Waals surface area (Å²) in [7, 11) is 0. The molecule has 3 rings (SSSR count). The van der Waals surface area contributed by atoms with Gasteiger partial charge in [-0.15, -0.1) is 0 Å². The Hall–Kier alpha value is -2.14. The third-order valence-electron chi connectivity index (χ3n) is 4.82. The van der Waals surface area contributed by atoms with Crippen LogP contribution in [0.2, 0.25) is 0 Å². The number of H-pyrrole nitrogens is 1. The van der Waals surface area contributed by atoms with Crippen LogP contribution in [0, 0.1) is 19.8 Å². The molecular formula is C18H23N3O2. The average molecular weight is 313 g/mol. The summed E-state index contributed by atoms with van der Waals surface area (Å²) in [5.41, 5.74) is 5.14. The van der Waals surface area contributed by atoms with E-state index in [0.717, 1.165) is 35.4 Å². The zero-order valence-corrected chi connectivity index (χ0v) is 13.6. The van der Waals surface area contributed by atoms with Crippen molar-refractivity contribution < 1.29 is 9.90 Å². The molecule has 122 valence electrons. The number of benzene rings is 1.